The Morgan fingerprint density at radius 1 is 0.971 bits per heavy atom. The van der Waals surface area contributed by atoms with Crippen LogP contribution in [0, 0.1) is 0 Å². The molecule has 7 heteroatoms. The third-order valence-corrected chi connectivity index (χ3v) is 7.04. The van der Waals surface area contributed by atoms with Gasteiger partial charge in [-0.15, -0.1) is 11.8 Å². The number of nitrogens with zero attached hydrogens (tertiary/aromatic N) is 1. The van der Waals surface area contributed by atoms with Crippen molar-refractivity contribution < 1.29 is 9.59 Å². The Balaban J connectivity index is 1.87. The molecule has 0 fully saturated rings. The Morgan fingerprint density at radius 2 is 1.65 bits per heavy atom. The van der Waals surface area contributed by atoms with Crippen LogP contribution in [0.3, 0.4) is 0 Å². The van der Waals surface area contributed by atoms with E-state index in [1.807, 2.05) is 85.8 Å². The fourth-order valence-electron chi connectivity index (χ4n) is 3.47. The van der Waals surface area contributed by atoms with Crippen LogP contribution in [0.5, 0.6) is 0 Å². The van der Waals surface area contributed by atoms with Gasteiger partial charge in [-0.1, -0.05) is 76.9 Å². The maximum Gasteiger partial charge on any atom is 0.243 e. The zero-order chi connectivity index (χ0) is 24.3. The summed E-state index contributed by atoms with van der Waals surface area (Å²) in [5.41, 5.74) is 1.98. The van der Waals surface area contributed by atoms with Gasteiger partial charge in [0.2, 0.25) is 11.8 Å². The lowest BCUT2D eigenvalue weighted by molar-refractivity contribution is -0.139. The van der Waals surface area contributed by atoms with Crippen LogP contribution in [0.4, 0.5) is 0 Å². The zero-order valence-corrected chi connectivity index (χ0v) is 22.2. The minimum absolute atomic E-state index is 0.0875. The van der Waals surface area contributed by atoms with Gasteiger partial charge >= 0.3 is 0 Å². The molecule has 3 rings (SSSR count). The van der Waals surface area contributed by atoms with Crippen molar-refractivity contribution in [3.05, 3.63) is 99.5 Å². The predicted octanol–water partition coefficient (Wildman–Crippen LogP) is 6.36. The van der Waals surface area contributed by atoms with Gasteiger partial charge in [0, 0.05) is 33.9 Å². The van der Waals surface area contributed by atoms with Gasteiger partial charge in [0.15, 0.2) is 0 Å². The summed E-state index contributed by atoms with van der Waals surface area (Å²) in [6.45, 7) is 2.94. The molecular weight excluding hydrogens is 532 g/mol. The van der Waals surface area contributed by atoms with E-state index in [-0.39, 0.29) is 17.6 Å². The lowest BCUT2D eigenvalue weighted by atomic mass is 10.0. The summed E-state index contributed by atoms with van der Waals surface area (Å²) in [7, 11) is 0. The normalized spacial score (nSPS) is 11.6. The predicted molar refractivity (Wildman–Crippen MR) is 144 cm³/mol. The first-order valence-electron chi connectivity index (χ1n) is 11.2. The molecule has 34 heavy (non-hydrogen) atoms. The maximum atomic E-state index is 13.6. The van der Waals surface area contributed by atoms with Crippen LogP contribution in [0.25, 0.3) is 0 Å². The summed E-state index contributed by atoms with van der Waals surface area (Å²) in [6, 6.07) is 24.5. The molecule has 3 aromatic rings. The second-order valence-corrected chi connectivity index (χ2v) is 10.3. The van der Waals surface area contributed by atoms with Crippen LogP contribution < -0.4 is 5.32 Å². The number of hydrogen-bond donors (Lipinski definition) is 1. The average molecular weight is 560 g/mol. The van der Waals surface area contributed by atoms with E-state index in [1.54, 1.807) is 4.90 Å². The number of carbonyl (C=O) groups excluding carboxylic acids is 2. The molecule has 4 nitrogen and oxygen atoms in total. The number of amides is 2. The van der Waals surface area contributed by atoms with Gasteiger partial charge in [-0.25, -0.2) is 0 Å². The van der Waals surface area contributed by atoms with Gasteiger partial charge < -0.3 is 10.2 Å². The maximum absolute atomic E-state index is 13.6. The number of carbonyl (C=O) groups is 2. The highest BCUT2D eigenvalue weighted by molar-refractivity contribution is 9.10. The van der Waals surface area contributed by atoms with E-state index in [1.165, 1.54) is 11.8 Å². The van der Waals surface area contributed by atoms with Crippen LogP contribution in [0.15, 0.2) is 88.2 Å². The second kappa shape index (κ2) is 13.6. The number of rotatable bonds is 11. The van der Waals surface area contributed by atoms with E-state index in [4.69, 9.17) is 11.6 Å². The first-order valence-corrected chi connectivity index (χ1v) is 13.4. The highest BCUT2D eigenvalue weighted by Crippen LogP contribution is 2.23. The first-order chi connectivity index (χ1) is 16.5. The fourth-order valence-corrected chi connectivity index (χ4v) is 4.64. The lowest BCUT2D eigenvalue weighted by Crippen LogP contribution is -2.51. The Kier molecular flexibility index (Phi) is 10.5. The van der Waals surface area contributed by atoms with Crippen molar-refractivity contribution in [1.29, 1.82) is 0 Å². The van der Waals surface area contributed by atoms with Crippen LogP contribution in [0.2, 0.25) is 5.02 Å². The highest BCUT2D eigenvalue weighted by Gasteiger charge is 2.30. The molecule has 0 saturated carbocycles. The summed E-state index contributed by atoms with van der Waals surface area (Å²) in [4.78, 5) is 29.5. The van der Waals surface area contributed by atoms with Gasteiger partial charge in [-0.3, -0.25) is 9.59 Å². The van der Waals surface area contributed by atoms with Crippen LogP contribution in [0.1, 0.15) is 24.5 Å². The summed E-state index contributed by atoms with van der Waals surface area (Å²) in [5.74, 6) is 0.00735. The molecule has 178 valence electrons. The highest BCUT2D eigenvalue weighted by atomic mass is 79.9. The molecule has 1 atom stereocenters. The third kappa shape index (κ3) is 8.19. The number of thioether (sulfide) groups is 1. The van der Waals surface area contributed by atoms with E-state index < -0.39 is 6.04 Å². The summed E-state index contributed by atoms with van der Waals surface area (Å²) >= 11 is 10.9. The Labute approximate surface area is 219 Å². The molecule has 0 spiro atoms. The van der Waals surface area contributed by atoms with Crippen molar-refractivity contribution in [3.63, 3.8) is 0 Å². The monoisotopic (exact) mass is 558 g/mol. The van der Waals surface area contributed by atoms with Gasteiger partial charge in [0.25, 0.3) is 0 Å². The van der Waals surface area contributed by atoms with Gasteiger partial charge in [0.05, 0.1) is 5.75 Å². The van der Waals surface area contributed by atoms with E-state index in [0.717, 1.165) is 26.9 Å². The number of nitrogens with one attached hydrogen (secondary N) is 1. The lowest BCUT2D eigenvalue weighted by Gasteiger charge is -2.31. The fraction of sp³-hybridized carbons (Fsp3) is 0.259. The Bertz CT molecular complexity index is 1060. The van der Waals surface area contributed by atoms with E-state index >= 15 is 0 Å². The molecule has 3 aromatic carbocycles. The molecule has 0 aromatic heterocycles. The van der Waals surface area contributed by atoms with Crippen molar-refractivity contribution in [2.45, 2.75) is 37.2 Å². The van der Waals surface area contributed by atoms with Gasteiger partial charge in [-0.2, -0.15) is 0 Å². The molecule has 0 bridgehead atoms. The van der Waals surface area contributed by atoms with Gasteiger partial charge in [0.1, 0.15) is 6.04 Å². The number of hydrogen-bond acceptors (Lipinski definition) is 3. The largest absolute Gasteiger partial charge is 0.354 e. The number of halogens is 2. The summed E-state index contributed by atoms with van der Waals surface area (Å²) in [6.07, 6.45) is 1.28. The Morgan fingerprint density at radius 3 is 2.29 bits per heavy atom. The number of benzene rings is 3. The van der Waals surface area contributed by atoms with Crippen LogP contribution >= 0.6 is 39.3 Å². The second-order valence-electron chi connectivity index (χ2n) is 7.89. The summed E-state index contributed by atoms with van der Waals surface area (Å²) in [5, 5.41) is 3.66. The molecule has 2 amide bonds. The van der Waals surface area contributed by atoms with Gasteiger partial charge in [-0.05, 0) is 53.9 Å². The van der Waals surface area contributed by atoms with Crippen molar-refractivity contribution in [1.82, 2.24) is 10.2 Å². The minimum Gasteiger partial charge on any atom is -0.354 e. The van der Waals surface area contributed by atoms with E-state index in [2.05, 4.69) is 21.2 Å². The van der Waals surface area contributed by atoms with Crippen molar-refractivity contribution in [3.8, 4) is 0 Å². The molecule has 0 radical (unpaired) electrons. The van der Waals surface area contributed by atoms with Crippen molar-refractivity contribution in [2.75, 3.05) is 12.3 Å². The molecule has 0 heterocycles. The third-order valence-electron chi connectivity index (χ3n) is 5.26. The van der Waals surface area contributed by atoms with E-state index in [0.29, 0.717) is 24.5 Å². The van der Waals surface area contributed by atoms with Crippen molar-refractivity contribution >= 4 is 51.1 Å². The molecule has 1 N–H and O–H groups in total. The molecular formula is C27H28BrClN2O2S. The first kappa shape index (κ1) is 26.3. The molecule has 1 unspecified atom stereocenters. The molecule has 0 saturated heterocycles. The Hall–Kier alpha value is -2.28. The van der Waals surface area contributed by atoms with Crippen LogP contribution in [-0.2, 0) is 22.6 Å². The average Bonchev–Trinajstić information content (AvgIpc) is 2.86. The minimum atomic E-state index is -0.615. The smallest absolute Gasteiger partial charge is 0.243 e. The zero-order valence-electron chi connectivity index (χ0n) is 19.0. The SMILES string of the molecule is CCCNC(=O)C(Cc1ccccc1)N(Cc1ccc(Br)cc1)C(=O)CSc1ccc(Cl)cc1. The summed E-state index contributed by atoms with van der Waals surface area (Å²) < 4.78 is 0.967. The topological polar surface area (TPSA) is 49.4 Å². The molecule has 0 aliphatic heterocycles. The van der Waals surface area contributed by atoms with E-state index in [9.17, 15) is 9.59 Å². The molecule has 0 aliphatic carbocycles. The molecule has 0 aliphatic rings. The van der Waals surface area contributed by atoms with Crippen molar-refractivity contribution in [2.24, 2.45) is 0 Å². The quantitative estimate of drug-likeness (QED) is 0.278. The van der Waals surface area contributed by atoms with Crippen LogP contribution in [-0.4, -0.2) is 35.1 Å². The standard InChI is InChI=1S/C27H28BrClN2O2S/c1-2-16-30-27(33)25(17-20-6-4-3-5-7-20)31(18-21-8-10-22(28)11-9-21)26(32)19-34-24-14-12-23(29)13-15-24/h3-15,25H,2,16-19H2,1H3,(H,30,33).